The number of benzene rings is 2. The molecule has 1 aromatic heterocycles. The smallest absolute Gasteiger partial charge is 0.336 e. The molecule has 5 nitrogen and oxygen atoms in total. The van der Waals surface area contributed by atoms with Gasteiger partial charge in [0.05, 0.1) is 0 Å². The molecule has 1 heterocycles. The molecule has 3 rings (SSSR count). The fourth-order valence-corrected chi connectivity index (χ4v) is 3.07. The van der Waals surface area contributed by atoms with Crippen LogP contribution in [0.5, 0.6) is 5.75 Å². The van der Waals surface area contributed by atoms with E-state index in [2.05, 4.69) is 12.2 Å². The zero-order valence-corrected chi connectivity index (χ0v) is 15.8. The van der Waals surface area contributed by atoms with Crippen LogP contribution in [0.25, 0.3) is 11.0 Å². The highest BCUT2D eigenvalue weighted by Gasteiger charge is 2.09. The summed E-state index contributed by atoms with van der Waals surface area (Å²) in [5.74, 6) is 0.235. The van der Waals surface area contributed by atoms with Crippen molar-refractivity contribution in [2.45, 2.75) is 33.6 Å². The standard InChI is InChI=1S/C22H23NO4/c1-4-5-16-11-22(25)27-20-12-17(7-8-18(16)20)26-13-21(24)23-19-9-6-14(2)10-15(19)3/h6-12H,4-5,13H2,1-3H3,(H,23,24). The first kappa shape index (κ1) is 18.7. The zero-order chi connectivity index (χ0) is 19.4. The van der Waals surface area contributed by atoms with Crippen molar-refractivity contribution >= 4 is 22.6 Å². The maximum atomic E-state index is 12.2. The second-order valence-electron chi connectivity index (χ2n) is 6.65. The molecule has 0 aliphatic carbocycles. The van der Waals surface area contributed by atoms with E-state index in [0.29, 0.717) is 11.3 Å². The number of aryl methyl sites for hydroxylation is 3. The van der Waals surface area contributed by atoms with Crippen molar-refractivity contribution < 1.29 is 13.9 Å². The third-order valence-corrected chi connectivity index (χ3v) is 4.35. The van der Waals surface area contributed by atoms with Crippen molar-refractivity contribution in [3.8, 4) is 5.75 Å². The van der Waals surface area contributed by atoms with E-state index in [-0.39, 0.29) is 18.1 Å². The summed E-state index contributed by atoms with van der Waals surface area (Å²) in [6.07, 6.45) is 1.75. The van der Waals surface area contributed by atoms with Gasteiger partial charge >= 0.3 is 5.63 Å². The number of carbonyl (C=O) groups excluding carboxylic acids is 1. The van der Waals surface area contributed by atoms with Gasteiger partial charge in [-0.3, -0.25) is 4.79 Å². The molecule has 0 bridgehead atoms. The number of rotatable bonds is 6. The molecular weight excluding hydrogens is 342 g/mol. The first-order valence-electron chi connectivity index (χ1n) is 9.03. The Bertz CT molecular complexity index is 1040. The van der Waals surface area contributed by atoms with Gasteiger partial charge in [-0.1, -0.05) is 31.0 Å². The molecule has 0 aliphatic heterocycles. The number of nitrogens with one attached hydrogen (secondary N) is 1. The van der Waals surface area contributed by atoms with Crippen molar-refractivity contribution in [3.05, 3.63) is 69.6 Å². The topological polar surface area (TPSA) is 68.5 Å². The zero-order valence-electron chi connectivity index (χ0n) is 15.8. The number of amides is 1. The summed E-state index contributed by atoms with van der Waals surface area (Å²) in [6.45, 7) is 5.89. The van der Waals surface area contributed by atoms with Crippen molar-refractivity contribution in [1.29, 1.82) is 0 Å². The molecule has 1 N–H and O–H groups in total. The van der Waals surface area contributed by atoms with E-state index in [1.54, 1.807) is 12.1 Å². The third kappa shape index (κ3) is 4.56. The molecule has 0 radical (unpaired) electrons. The lowest BCUT2D eigenvalue weighted by Crippen LogP contribution is -2.20. The Labute approximate surface area is 158 Å². The number of ether oxygens (including phenoxy) is 1. The number of carbonyl (C=O) groups is 1. The van der Waals surface area contributed by atoms with E-state index in [9.17, 15) is 9.59 Å². The van der Waals surface area contributed by atoms with Crippen molar-refractivity contribution in [1.82, 2.24) is 0 Å². The van der Waals surface area contributed by atoms with Gasteiger partial charge in [0.1, 0.15) is 11.3 Å². The lowest BCUT2D eigenvalue weighted by Gasteiger charge is -2.11. The van der Waals surface area contributed by atoms with E-state index >= 15 is 0 Å². The van der Waals surface area contributed by atoms with E-state index in [1.165, 1.54) is 6.07 Å². The average Bonchev–Trinajstić information content (AvgIpc) is 2.62. The van der Waals surface area contributed by atoms with E-state index in [1.807, 2.05) is 38.1 Å². The van der Waals surface area contributed by atoms with Gasteiger partial charge in [-0.05, 0) is 49.6 Å². The maximum absolute atomic E-state index is 12.2. The third-order valence-electron chi connectivity index (χ3n) is 4.35. The maximum Gasteiger partial charge on any atom is 0.336 e. The Morgan fingerprint density at radius 3 is 2.67 bits per heavy atom. The quantitative estimate of drug-likeness (QED) is 0.658. The van der Waals surface area contributed by atoms with Crippen LogP contribution in [0, 0.1) is 13.8 Å². The Hall–Kier alpha value is -3.08. The number of anilines is 1. The lowest BCUT2D eigenvalue weighted by molar-refractivity contribution is -0.118. The molecule has 0 saturated carbocycles. The second kappa shape index (κ2) is 8.08. The van der Waals surface area contributed by atoms with Crippen LogP contribution in [-0.4, -0.2) is 12.5 Å². The second-order valence-corrected chi connectivity index (χ2v) is 6.65. The van der Waals surface area contributed by atoms with Crippen LogP contribution in [0.4, 0.5) is 5.69 Å². The first-order chi connectivity index (χ1) is 13.0. The average molecular weight is 365 g/mol. The van der Waals surface area contributed by atoms with Crippen LogP contribution >= 0.6 is 0 Å². The molecule has 0 atom stereocenters. The fourth-order valence-electron chi connectivity index (χ4n) is 3.07. The first-order valence-corrected chi connectivity index (χ1v) is 9.03. The van der Waals surface area contributed by atoms with Crippen LogP contribution in [0.1, 0.15) is 30.0 Å². The summed E-state index contributed by atoms with van der Waals surface area (Å²) in [6, 6.07) is 12.7. The molecule has 5 heteroatoms. The molecule has 3 aromatic rings. The minimum absolute atomic E-state index is 0.127. The Morgan fingerprint density at radius 1 is 1.11 bits per heavy atom. The van der Waals surface area contributed by atoms with Gasteiger partial charge in [0.25, 0.3) is 5.91 Å². The lowest BCUT2D eigenvalue weighted by atomic mass is 10.1. The Kier molecular flexibility index (Phi) is 5.60. The van der Waals surface area contributed by atoms with Crippen LogP contribution in [0.2, 0.25) is 0 Å². The predicted molar refractivity (Wildman–Crippen MR) is 107 cm³/mol. The number of hydrogen-bond donors (Lipinski definition) is 1. The molecule has 0 unspecified atom stereocenters. The van der Waals surface area contributed by atoms with Crippen LogP contribution in [0.3, 0.4) is 0 Å². The highest BCUT2D eigenvalue weighted by atomic mass is 16.5. The van der Waals surface area contributed by atoms with Crippen LogP contribution < -0.4 is 15.7 Å². The normalized spacial score (nSPS) is 10.8. The summed E-state index contributed by atoms with van der Waals surface area (Å²) in [7, 11) is 0. The summed E-state index contributed by atoms with van der Waals surface area (Å²) in [4.78, 5) is 23.9. The highest BCUT2D eigenvalue weighted by molar-refractivity contribution is 5.92. The van der Waals surface area contributed by atoms with Gasteiger partial charge in [-0.15, -0.1) is 0 Å². The van der Waals surface area contributed by atoms with Crippen molar-refractivity contribution in [3.63, 3.8) is 0 Å². The van der Waals surface area contributed by atoms with E-state index in [0.717, 1.165) is 40.6 Å². The molecule has 2 aromatic carbocycles. The van der Waals surface area contributed by atoms with Gasteiger partial charge in [-0.25, -0.2) is 4.79 Å². The Morgan fingerprint density at radius 2 is 1.93 bits per heavy atom. The molecule has 0 fully saturated rings. The summed E-state index contributed by atoms with van der Waals surface area (Å²) < 4.78 is 10.9. The van der Waals surface area contributed by atoms with Gasteiger partial charge in [0.2, 0.25) is 0 Å². The molecule has 1 amide bonds. The molecule has 0 saturated heterocycles. The summed E-state index contributed by atoms with van der Waals surface area (Å²) >= 11 is 0. The highest BCUT2D eigenvalue weighted by Crippen LogP contribution is 2.23. The van der Waals surface area contributed by atoms with Gasteiger partial charge in [-0.2, -0.15) is 0 Å². The van der Waals surface area contributed by atoms with Crippen molar-refractivity contribution in [2.75, 3.05) is 11.9 Å². The summed E-state index contributed by atoms with van der Waals surface area (Å²) in [5, 5.41) is 3.73. The van der Waals surface area contributed by atoms with Gasteiger partial charge in [0.15, 0.2) is 6.61 Å². The largest absolute Gasteiger partial charge is 0.484 e. The van der Waals surface area contributed by atoms with Gasteiger partial charge < -0.3 is 14.5 Å². The molecular formula is C22H23NO4. The van der Waals surface area contributed by atoms with E-state index < -0.39 is 0 Å². The molecule has 27 heavy (non-hydrogen) atoms. The SMILES string of the molecule is CCCc1cc(=O)oc2cc(OCC(=O)Nc3ccc(C)cc3C)ccc12. The minimum atomic E-state index is -0.379. The fraction of sp³-hybridized carbons (Fsp3) is 0.273. The van der Waals surface area contributed by atoms with Crippen molar-refractivity contribution in [2.24, 2.45) is 0 Å². The number of fused-ring (bicyclic) bond motifs is 1. The van der Waals surface area contributed by atoms with Gasteiger partial charge in [0, 0.05) is 23.2 Å². The predicted octanol–water partition coefficient (Wildman–Crippen LogP) is 4.38. The summed E-state index contributed by atoms with van der Waals surface area (Å²) in [5.41, 5.74) is 3.96. The minimum Gasteiger partial charge on any atom is -0.484 e. The van der Waals surface area contributed by atoms with Crippen LogP contribution in [-0.2, 0) is 11.2 Å². The number of hydrogen-bond acceptors (Lipinski definition) is 4. The van der Waals surface area contributed by atoms with E-state index in [4.69, 9.17) is 9.15 Å². The Balaban J connectivity index is 1.71. The monoisotopic (exact) mass is 365 g/mol. The molecule has 140 valence electrons. The molecule has 0 spiro atoms. The van der Waals surface area contributed by atoms with Crippen LogP contribution in [0.15, 0.2) is 51.7 Å². The molecule has 0 aliphatic rings.